The van der Waals surface area contributed by atoms with Crippen LogP contribution in [0.2, 0.25) is 10.0 Å². The molecule has 1 aromatic heterocycles. The first-order chi connectivity index (χ1) is 13.2. The Bertz CT molecular complexity index is 1020. The highest BCUT2D eigenvalue weighted by molar-refractivity contribution is 6.35. The molecule has 0 bridgehead atoms. The van der Waals surface area contributed by atoms with Gasteiger partial charge in [0.1, 0.15) is 5.75 Å². The van der Waals surface area contributed by atoms with E-state index in [1.807, 2.05) is 41.4 Å². The van der Waals surface area contributed by atoms with E-state index >= 15 is 0 Å². The third-order valence-electron chi connectivity index (χ3n) is 4.91. The number of aromatic nitrogens is 1. The number of ether oxygens (including phenoxy) is 1. The van der Waals surface area contributed by atoms with Crippen LogP contribution >= 0.6 is 23.2 Å². The van der Waals surface area contributed by atoms with Crippen LogP contribution in [0.5, 0.6) is 5.75 Å². The fraction of sp³-hybridized carbons (Fsp3) is 0.143. The van der Waals surface area contributed by atoms with Gasteiger partial charge in [0.05, 0.1) is 16.8 Å². The standard InChI is InChI=1S/C21H15Cl2N3O/c22-15-10-16-19-12-18(13-4-2-1-3-5-13)25-26(19)21(14-6-8-24-9-7-14)27-20(16)17(23)11-15/h1-11,19,21H,12H2/t19-,21-/m0/s1. The Hall–Kier alpha value is -2.56. The van der Waals surface area contributed by atoms with E-state index in [2.05, 4.69) is 17.1 Å². The molecular formula is C21H15Cl2N3O. The monoisotopic (exact) mass is 395 g/mol. The van der Waals surface area contributed by atoms with Crippen LogP contribution in [0, 0.1) is 0 Å². The second-order valence-electron chi connectivity index (χ2n) is 6.57. The fourth-order valence-electron chi connectivity index (χ4n) is 3.67. The summed E-state index contributed by atoms with van der Waals surface area (Å²) in [6.45, 7) is 0. The SMILES string of the molecule is Clc1cc(Cl)c2c(c1)[C@@H]1CC(c3ccccc3)=NN1[C@H](c1ccncc1)O2. The topological polar surface area (TPSA) is 37.7 Å². The van der Waals surface area contributed by atoms with E-state index in [0.29, 0.717) is 15.8 Å². The summed E-state index contributed by atoms with van der Waals surface area (Å²) in [6, 6.07) is 17.7. The van der Waals surface area contributed by atoms with Crippen molar-refractivity contribution in [3.63, 3.8) is 0 Å². The number of nitrogens with zero attached hydrogens (tertiary/aromatic N) is 3. The van der Waals surface area contributed by atoms with Gasteiger partial charge in [-0.25, -0.2) is 5.01 Å². The van der Waals surface area contributed by atoms with Gasteiger partial charge in [0, 0.05) is 35.0 Å². The number of hydrazone groups is 1. The highest BCUT2D eigenvalue weighted by Gasteiger charge is 2.42. The summed E-state index contributed by atoms with van der Waals surface area (Å²) in [5.41, 5.74) is 4.07. The van der Waals surface area contributed by atoms with Crippen LogP contribution in [-0.4, -0.2) is 15.7 Å². The first-order valence-electron chi connectivity index (χ1n) is 8.67. The van der Waals surface area contributed by atoms with Crippen molar-refractivity contribution in [2.75, 3.05) is 0 Å². The maximum atomic E-state index is 6.47. The van der Waals surface area contributed by atoms with Gasteiger partial charge in [-0.05, 0) is 29.8 Å². The van der Waals surface area contributed by atoms with Gasteiger partial charge in [0.2, 0.25) is 6.23 Å². The molecule has 0 fully saturated rings. The van der Waals surface area contributed by atoms with Gasteiger partial charge in [0.15, 0.2) is 0 Å². The van der Waals surface area contributed by atoms with Crippen molar-refractivity contribution >= 4 is 28.9 Å². The average Bonchev–Trinajstić information content (AvgIpc) is 3.15. The molecule has 0 spiro atoms. The van der Waals surface area contributed by atoms with Crippen molar-refractivity contribution in [3.05, 3.63) is 93.7 Å². The summed E-state index contributed by atoms with van der Waals surface area (Å²) in [6.07, 6.45) is 3.90. The molecule has 6 heteroatoms. The zero-order chi connectivity index (χ0) is 18.4. The molecule has 27 heavy (non-hydrogen) atoms. The maximum Gasteiger partial charge on any atom is 0.214 e. The predicted octanol–water partition coefficient (Wildman–Crippen LogP) is 5.63. The van der Waals surface area contributed by atoms with Crippen LogP contribution < -0.4 is 4.74 Å². The summed E-state index contributed by atoms with van der Waals surface area (Å²) in [5.74, 6) is 0.675. The van der Waals surface area contributed by atoms with E-state index in [-0.39, 0.29) is 12.3 Å². The summed E-state index contributed by atoms with van der Waals surface area (Å²) in [7, 11) is 0. The third-order valence-corrected chi connectivity index (χ3v) is 5.41. The Balaban J connectivity index is 1.64. The van der Waals surface area contributed by atoms with E-state index in [9.17, 15) is 0 Å². The van der Waals surface area contributed by atoms with E-state index in [4.69, 9.17) is 33.0 Å². The molecule has 5 rings (SSSR count). The van der Waals surface area contributed by atoms with Crippen molar-refractivity contribution in [2.45, 2.75) is 18.7 Å². The smallest absolute Gasteiger partial charge is 0.214 e. The van der Waals surface area contributed by atoms with Crippen molar-refractivity contribution in [2.24, 2.45) is 5.10 Å². The summed E-state index contributed by atoms with van der Waals surface area (Å²) in [5, 5.41) is 8.03. The van der Waals surface area contributed by atoms with E-state index < -0.39 is 0 Å². The van der Waals surface area contributed by atoms with Crippen LogP contribution in [0.1, 0.15) is 35.4 Å². The lowest BCUT2D eigenvalue weighted by atomic mass is 9.96. The molecule has 0 amide bonds. The van der Waals surface area contributed by atoms with Crippen molar-refractivity contribution in [1.82, 2.24) is 9.99 Å². The second kappa shape index (κ2) is 6.55. The average molecular weight is 396 g/mol. The largest absolute Gasteiger partial charge is 0.463 e. The highest BCUT2D eigenvalue weighted by atomic mass is 35.5. The first-order valence-corrected chi connectivity index (χ1v) is 9.43. The highest BCUT2D eigenvalue weighted by Crippen LogP contribution is 2.50. The minimum Gasteiger partial charge on any atom is -0.463 e. The Kier molecular flexibility index (Phi) is 4.03. The van der Waals surface area contributed by atoms with E-state index in [1.54, 1.807) is 18.5 Å². The Labute approximate surface area is 167 Å². The van der Waals surface area contributed by atoms with Crippen molar-refractivity contribution < 1.29 is 4.74 Å². The molecule has 0 aliphatic carbocycles. The first kappa shape index (κ1) is 16.6. The number of benzene rings is 2. The summed E-state index contributed by atoms with van der Waals surface area (Å²) in [4.78, 5) is 4.11. The molecule has 2 atom stereocenters. The molecule has 0 unspecified atom stereocenters. The molecule has 4 nitrogen and oxygen atoms in total. The minimum absolute atomic E-state index is 0.0123. The molecular weight excluding hydrogens is 381 g/mol. The second-order valence-corrected chi connectivity index (χ2v) is 7.41. The fourth-order valence-corrected chi connectivity index (χ4v) is 4.22. The molecule has 3 aromatic rings. The Morgan fingerprint density at radius 1 is 1.00 bits per heavy atom. The van der Waals surface area contributed by atoms with E-state index in [0.717, 1.165) is 28.8 Å². The van der Waals surface area contributed by atoms with Gasteiger partial charge < -0.3 is 4.74 Å². The van der Waals surface area contributed by atoms with Crippen LogP contribution in [0.3, 0.4) is 0 Å². The number of hydrogen-bond acceptors (Lipinski definition) is 4. The lowest BCUT2D eigenvalue weighted by Crippen LogP contribution is -2.33. The molecule has 2 aromatic carbocycles. The maximum absolute atomic E-state index is 6.47. The third kappa shape index (κ3) is 2.85. The number of hydrogen-bond donors (Lipinski definition) is 0. The Morgan fingerprint density at radius 3 is 2.56 bits per heavy atom. The molecule has 2 aliphatic rings. The van der Waals surface area contributed by atoms with Gasteiger partial charge >= 0.3 is 0 Å². The minimum atomic E-state index is -0.370. The van der Waals surface area contributed by atoms with Gasteiger partial charge in [-0.3, -0.25) is 4.98 Å². The predicted molar refractivity (Wildman–Crippen MR) is 106 cm³/mol. The zero-order valence-electron chi connectivity index (χ0n) is 14.2. The molecule has 0 saturated heterocycles. The molecule has 0 N–H and O–H groups in total. The summed E-state index contributed by atoms with van der Waals surface area (Å²) < 4.78 is 6.30. The van der Waals surface area contributed by atoms with Gasteiger partial charge in [-0.15, -0.1) is 0 Å². The molecule has 0 saturated carbocycles. The van der Waals surface area contributed by atoms with Crippen LogP contribution in [0.15, 0.2) is 72.1 Å². The molecule has 2 aliphatic heterocycles. The van der Waals surface area contributed by atoms with Crippen LogP contribution in [0.25, 0.3) is 0 Å². The quantitative estimate of drug-likeness (QED) is 0.563. The van der Waals surface area contributed by atoms with Crippen LogP contribution in [-0.2, 0) is 0 Å². The van der Waals surface area contributed by atoms with Crippen molar-refractivity contribution in [1.29, 1.82) is 0 Å². The van der Waals surface area contributed by atoms with Crippen LogP contribution in [0.4, 0.5) is 0 Å². The molecule has 0 radical (unpaired) electrons. The summed E-state index contributed by atoms with van der Waals surface area (Å²) >= 11 is 12.7. The number of halogens is 2. The van der Waals surface area contributed by atoms with E-state index in [1.165, 1.54) is 0 Å². The number of rotatable bonds is 2. The molecule has 134 valence electrons. The Morgan fingerprint density at radius 2 is 1.78 bits per heavy atom. The number of pyridine rings is 1. The zero-order valence-corrected chi connectivity index (χ0v) is 15.7. The van der Waals surface area contributed by atoms with Gasteiger partial charge in [-0.2, -0.15) is 5.10 Å². The molecule has 3 heterocycles. The lowest BCUT2D eigenvalue weighted by Gasteiger charge is -2.38. The number of fused-ring (bicyclic) bond motifs is 3. The van der Waals surface area contributed by atoms with Gasteiger partial charge in [-0.1, -0.05) is 53.5 Å². The normalized spacial score (nSPS) is 20.5. The van der Waals surface area contributed by atoms with Gasteiger partial charge in [0.25, 0.3) is 0 Å². The lowest BCUT2D eigenvalue weighted by molar-refractivity contribution is -0.0189. The van der Waals surface area contributed by atoms with Crippen molar-refractivity contribution in [3.8, 4) is 5.75 Å².